The van der Waals surface area contributed by atoms with Crippen LogP contribution in [0.2, 0.25) is 0 Å². The Bertz CT molecular complexity index is 1170. The van der Waals surface area contributed by atoms with Gasteiger partial charge in [0.2, 0.25) is 0 Å². The minimum absolute atomic E-state index is 0. The van der Waals surface area contributed by atoms with E-state index in [0.29, 0.717) is 44.2 Å². The van der Waals surface area contributed by atoms with Gasteiger partial charge in [-0.3, -0.25) is 0 Å². The van der Waals surface area contributed by atoms with Gasteiger partial charge < -0.3 is 24.8 Å². The van der Waals surface area contributed by atoms with E-state index in [-0.39, 0.29) is 284 Å². The van der Waals surface area contributed by atoms with E-state index in [1.54, 1.807) is 0 Å². The van der Waals surface area contributed by atoms with Crippen LogP contribution in [0, 0.1) is 0 Å². The van der Waals surface area contributed by atoms with Crippen molar-refractivity contribution < 1.29 is 59.0 Å². The predicted molar refractivity (Wildman–Crippen MR) is 387 cm³/mol. The fourth-order valence-electron chi connectivity index (χ4n) is 4.43. The Balaban J connectivity index is 0.0000000699. The number of halogens is 2. The number of hydrogen-bond acceptors (Lipinski definition) is 24. The van der Waals surface area contributed by atoms with Crippen LogP contribution < -0.4 is 24.8 Å². The zero-order valence-corrected chi connectivity index (χ0v) is 102. The molecule has 0 amide bonds. The molecule has 32 aliphatic rings. The van der Waals surface area contributed by atoms with Gasteiger partial charge in [-0.15, -0.1) is 0 Å². The summed E-state index contributed by atoms with van der Waals surface area (Å²) in [6, 6.07) is 0. The van der Waals surface area contributed by atoms with E-state index >= 15 is 0 Å². The standard InChI is InChI=1S/8As3PS3.2ClH.2Cu/c8*5-1-2-3(1)7-4(5)6-2;;;;/h;;;;;;;;2*1H;;/q;;;;;;;;;;2*+1/p+6. The quantitative estimate of drug-likeness (QED) is 0.232. The maximum absolute atomic E-state index is 2.57. The summed E-state index contributed by atoms with van der Waals surface area (Å²) >= 11 is 0. The van der Waals surface area contributed by atoms with Gasteiger partial charge in [0, 0.05) is 0 Å². The Labute approximate surface area is 538 Å². The molecular weight excluding hydrogens is 3010 g/mol. The Kier molecular flexibility index (Phi) is 31.3. The third-order valence-corrected chi connectivity index (χ3v) is 1760. The normalized spacial score (nSPS) is 67.2. The minimum atomic E-state index is 0. The average molecular weight is 3020 g/mol. The first-order valence-electron chi connectivity index (χ1n) is 14.1. The molecule has 0 unspecified atom stereocenters. The van der Waals surface area contributed by atoms with Crippen LogP contribution >= 0.6 is 276 Å². The summed E-state index contributed by atoms with van der Waals surface area (Å²) in [5, 5.41) is 0. The van der Waals surface area contributed by atoms with Crippen LogP contribution in [-0.2, 0) is 34.1 Å². The number of rotatable bonds is 0. The molecule has 0 nitrogen and oxygen atoms in total. The van der Waals surface area contributed by atoms with E-state index in [9.17, 15) is 0 Å². The maximum atomic E-state index is 2.57. The van der Waals surface area contributed by atoms with E-state index in [0.717, 1.165) is 0 Å². The fraction of sp³-hybridized carbons (Fsp3) is 0. The molecule has 0 aromatic rings. The van der Waals surface area contributed by atoms with Gasteiger partial charge in [0.05, 0.1) is 0 Å². The van der Waals surface area contributed by atoms with Crippen LogP contribution in [0.15, 0.2) is 0 Å². The summed E-state index contributed by atoms with van der Waals surface area (Å²) in [7, 11) is 67.0. The summed E-state index contributed by atoms with van der Waals surface area (Å²) in [6.45, 7) is 0. The van der Waals surface area contributed by atoms with Gasteiger partial charge in [0.25, 0.3) is 0 Å². The van der Waals surface area contributed by atoms with Gasteiger partial charge in [0.1, 0.15) is 0 Å². The molecule has 60 heavy (non-hydrogen) atoms. The Morgan fingerprint density at radius 2 is 0.183 bits per heavy atom. The Morgan fingerprint density at radius 3 is 0.200 bits per heavy atom. The summed E-state index contributed by atoms with van der Waals surface area (Å²) in [5.74, 6) is 0. The first-order chi connectivity index (χ1) is 27.6. The molecule has 32 saturated heterocycles. The zero-order valence-electron chi connectivity index (χ0n) is 25.9. The maximum Gasteiger partial charge on any atom is 1.00 e. The smallest absolute Gasteiger partial charge is 1.00 e. The average Bonchev–Trinajstić information content (AvgIpc) is 4.05. The van der Waals surface area contributed by atoms with Gasteiger partial charge in [0.15, 0.2) is 0 Å². The van der Waals surface area contributed by atoms with Gasteiger partial charge in [-0.1, -0.05) is 0 Å². The second-order valence-electron chi connectivity index (χ2n) is 10.3. The molecule has 32 heterocycles. The molecule has 32 fully saturated rings. The monoisotopic (exact) mass is 3020 g/mol. The van der Waals surface area contributed by atoms with Crippen molar-refractivity contribution in [1.82, 2.24) is 0 Å². The van der Waals surface area contributed by atoms with Crippen LogP contribution in [0.5, 0.6) is 0 Å². The Morgan fingerprint density at radius 1 is 0.133 bits per heavy atom. The topological polar surface area (TPSA) is 0 Å². The van der Waals surface area contributed by atoms with Crippen molar-refractivity contribution >= 4 is 500 Å². The number of hydrogen-bond donors (Lipinski definition) is 0. The molecule has 0 aliphatic carbocycles. The molecular formula is H8As24Cl2Cu2P8S24+8. The van der Waals surface area contributed by atoms with E-state index in [4.69, 9.17) is 0 Å². The molecule has 340 valence electrons. The van der Waals surface area contributed by atoms with Crippen LogP contribution in [0.3, 0.4) is 0 Å². The molecule has 0 aromatic heterocycles. The van der Waals surface area contributed by atoms with Gasteiger partial charge >= 0.3 is 535 Å². The van der Waals surface area contributed by atoms with Gasteiger partial charge in [-0.2, -0.15) is 0 Å². The van der Waals surface area contributed by atoms with Crippen molar-refractivity contribution in [1.29, 1.82) is 0 Å². The molecule has 32 bridgehead atoms. The predicted octanol–water partition coefficient (Wildman–Crippen LogP) is 5.17. The summed E-state index contributed by atoms with van der Waals surface area (Å²) in [5.41, 5.74) is 2.43. The minimum Gasteiger partial charge on any atom is -1.00 e. The third-order valence-electron chi connectivity index (χ3n) is 7.02. The fourth-order valence-corrected chi connectivity index (χ4v) is 4460. The van der Waals surface area contributed by atoms with Crippen LogP contribution in [0.25, 0.3) is 0 Å². The van der Waals surface area contributed by atoms with Crippen molar-refractivity contribution in [3.63, 3.8) is 0 Å². The third kappa shape index (κ3) is 14.5. The molecule has 0 radical (unpaired) electrons. The molecule has 0 atom stereocenters. The van der Waals surface area contributed by atoms with Crippen molar-refractivity contribution in [3.8, 4) is 0 Å². The van der Waals surface area contributed by atoms with Crippen molar-refractivity contribution in [2.75, 3.05) is 0 Å². The second kappa shape index (κ2) is 28.7. The van der Waals surface area contributed by atoms with E-state index in [1.807, 2.05) is 0 Å². The van der Waals surface area contributed by atoms with E-state index in [1.165, 1.54) is 0 Å². The van der Waals surface area contributed by atoms with E-state index < -0.39 is 0 Å². The second-order valence-corrected chi connectivity index (χ2v) is 775. The zero-order chi connectivity index (χ0) is 35.4. The Hall–Kier alpha value is 26.9. The molecule has 32 rings (SSSR count). The molecule has 0 spiro atoms. The largest absolute Gasteiger partial charge is 1.00 e. The van der Waals surface area contributed by atoms with Gasteiger partial charge in [-0.05, 0) is 0 Å². The first-order valence-corrected chi connectivity index (χ1v) is 242. The van der Waals surface area contributed by atoms with Gasteiger partial charge in [-0.25, -0.2) is 0 Å². The molecule has 0 aromatic carbocycles. The molecule has 0 N–H and O–H groups in total. The van der Waals surface area contributed by atoms with Crippen molar-refractivity contribution in [2.45, 2.75) is 0 Å². The summed E-state index contributed by atoms with van der Waals surface area (Å²) in [6.07, 6.45) is 0. The molecule has 0 saturated carbocycles. The van der Waals surface area contributed by atoms with Crippen LogP contribution in [0.4, 0.5) is 0 Å². The summed E-state index contributed by atoms with van der Waals surface area (Å²) in [4.78, 5) is 0. The van der Waals surface area contributed by atoms with Crippen molar-refractivity contribution in [3.05, 3.63) is 0 Å². The SMILES string of the molecule is S1[PH+]2S[As]3[As]1[As]3S2.S1[PH+]2S[As]3[As]1[As]3S2.S1[PH+]2S[As]3[As]1[As]3S2.S1[PH+]2S[As]3[As]1[As]3S2.S1[PH+]2S[As]3[As]1[As]3S2.S1[PH+]2S[As]3[As]1[As]3S2.S1[PH+]2S[As]3[As]1[As]3S2.S1[PH+]2S[As]3[As]1[As]3S2.[Cl-].[Cl-].[Cu+].[Cu+]. The van der Waals surface area contributed by atoms with Crippen LogP contribution in [-0.4, -0.2) is 225 Å². The van der Waals surface area contributed by atoms with E-state index in [2.05, 4.69) is 231 Å². The van der Waals surface area contributed by atoms with Crippen molar-refractivity contribution in [2.24, 2.45) is 0 Å². The molecule has 32 aliphatic heterocycles. The first kappa shape index (κ1) is 65.5. The van der Waals surface area contributed by atoms with Crippen LogP contribution in [0.1, 0.15) is 0 Å². The summed E-state index contributed by atoms with van der Waals surface area (Å²) < 4.78 is 0. The molecule has 60 heteroatoms.